The van der Waals surface area contributed by atoms with Crippen LogP contribution in [0.4, 0.5) is 0 Å². The van der Waals surface area contributed by atoms with Crippen LogP contribution in [0.5, 0.6) is 0 Å². The highest BCUT2D eigenvalue weighted by atomic mass is 32.1. The van der Waals surface area contributed by atoms with Crippen molar-refractivity contribution in [3.8, 4) is 0 Å². The molecule has 0 aromatic carbocycles. The van der Waals surface area contributed by atoms with Gasteiger partial charge in [-0.15, -0.1) is 0 Å². The van der Waals surface area contributed by atoms with Gasteiger partial charge in [-0.2, -0.15) is 0 Å². The lowest BCUT2D eigenvalue weighted by Crippen LogP contribution is -2.39. The molecule has 0 aliphatic rings. The minimum atomic E-state index is -0.0837. The molecule has 0 rings (SSSR count). The number of nitrogens with one attached hydrogen (secondary N) is 2. The van der Waals surface area contributed by atoms with Crippen LogP contribution in [0.15, 0.2) is 0 Å². The van der Waals surface area contributed by atoms with Gasteiger partial charge in [0.15, 0.2) is 5.11 Å². The van der Waals surface area contributed by atoms with E-state index in [1.807, 2.05) is 6.92 Å². The molecule has 64 valence electrons. The summed E-state index contributed by atoms with van der Waals surface area (Å²) in [5, 5.41) is 5.37. The minimum Gasteiger partial charge on any atom is -0.376 e. The SMILES string of the molecule is CCCNC(=O)CNC(N)=S. The van der Waals surface area contributed by atoms with Gasteiger partial charge in [0.1, 0.15) is 0 Å². The Hall–Kier alpha value is -0.840. The number of hydrogen-bond donors (Lipinski definition) is 3. The Morgan fingerprint density at radius 3 is 2.64 bits per heavy atom. The first kappa shape index (κ1) is 10.2. The molecule has 5 heteroatoms. The van der Waals surface area contributed by atoms with Gasteiger partial charge in [0.05, 0.1) is 6.54 Å². The average Bonchev–Trinajstić information content (AvgIpc) is 1.97. The van der Waals surface area contributed by atoms with Crippen LogP contribution < -0.4 is 16.4 Å². The van der Waals surface area contributed by atoms with Crippen molar-refractivity contribution in [2.24, 2.45) is 5.73 Å². The lowest BCUT2D eigenvalue weighted by Gasteiger charge is -2.03. The van der Waals surface area contributed by atoms with Gasteiger partial charge in [0, 0.05) is 6.54 Å². The Kier molecular flexibility index (Phi) is 5.46. The maximum absolute atomic E-state index is 10.8. The molecule has 0 saturated heterocycles. The molecule has 0 fully saturated rings. The summed E-state index contributed by atoms with van der Waals surface area (Å²) < 4.78 is 0. The smallest absolute Gasteiger partial charge is 0.239 e. The van der Waals surface area contributed by atoms with Crippen LogP contribution in [0.2, 0.25) is 0 Å². The molecular weight excluding hydrogens is 162 g/mol. The summed E-state index contributed by atoms with van der Waals surface area (Å²) in [6.45, 7) is 2.84. The zero-order chi connectivity index (χ0) is 8.69. The molecule has 0 unspecified atom stereocenters. The number of thiocarbonyl (C=S) groups is 1. The third-order valence-electron chi connectivity index (χ3n) is 0.995. The average molecular weight is 175 g/mol. The second-order valence-corrected chi connectivity index (χ2v) is 2.51. The minimum absolute atomic E-state index is 0.0837. The van der Waals surface area contributed by atoms with E-state index in [-0.39, 0.29) is 17.6 Å². The third kappa shape index (κ3) is 7.05. The van der Waals surface area contributed by atoms with Crippen LogP contribution >= 0.6 is 12.2 Å². The molecule has 0 spiro atoms. The van der Waals surface area contributed by atoms with E-state index in [4.69, 9.17) is 5.73 Å². The van der Waals surface area contributed by atoms with Gasteiger partial charge in [-0.25, -0.2) is 0 Å². The van der Waals surface area contributed by atoms with E-state index in [0.29, 0.717) is 6.54 Å². The number of carbonyl (C=O) groups is 1. The fourth-order valence-electron chi connectivity index (χ4n) is 0.494. The molecule has 0 heterocycles. The van der Waals surface area contributed by atoms with Crippen LogP contribution in [0, 0.1) is 0 Å². The third-order valence-corrected chi connectivity index (χ3v) is 1.14. The molecule has 0 aromatic heterocycles. The Morgan fingerprint density at radius 1 is 1.55 bits per heavy atom. The zero-order valence-corrected chi connectivity index (χ0v) is 7.33. The Morgan fingerprint density at radius 2 is 2.18 bits per heavy atom. The first-order valence-electron chi connectivity index (χ1n) is 3.46. The quantitative estimate of drug-likeness (QED) is 0.497. The van der Waals surface area contributed by atoms with Crippen LogP contribution in [-0.4, -0.2) is 24.1 Å². The van der Waals surface area contributed by atoms with Gasteiger partial charge in [-0.05, 0) is 18.6 Å². The molecular formula is C6H13N3OS. The molecule has 0 atom stereocenters. The van der Waals surface area contributed by atoms with E-state index in [1.54, 1.807) is 0 Å². The summed E-state index contributed by atoms with van der Waals surface area (Å²) in [6, 6.07) is 0. The van der Waals surface area contributed by atoms with E-state index in [1.165, 1.54) is 0 Å². The molecule has 0 bridgehead atoms. The van der Waals surface area contributed by atoms with E-state index >= 15 is 0 Å². The molecule has 0 saturated carbocycles. The molecule has 0 aliphatic carbocycles. The first-order valence-corrected chi connectivity index (χ1v) is 3.87. The summed E-state index contributed by atoms with van der Waals surface area (Å²) in [4.78, 5) is 10.8. The van der Waals surface area contributed by atoms with Gasteiger partial charge < -0.3 is 16.4 Å². The largest absolute Gasteiger partial charge is 0.376 e. The van der Waals surface area contributed by atoms with Crippen molar-refractivity contribution in [3.63, 3.8) is 0 Å². The van der Waals surface area contributed by atoms with Gasteiger partial charge in [-0.1, -0.05) is 6.92 Å². The number of nitrogens with two attached hydrogens (primary N) is 1. The predicted octanol–water partition coefficient (Wildman–Crippen LogP) is -0.654. The van der Waals surface area contributed by atoms with Gasteiger partial charge in [0.2, 0.25) is 5.91 Å². The standard InChI is InChI=1S/C6H13N3OS/c1-2-3-8-5(10)4-9-6(7)11/h2-4H2,1H3,(H,8,10)(H3,7,9,11). The topological polar surface area (TPSA) is 67.2 Å². The van der Waals surface area contributed by atoms with Crippen LogP contribution in [0.25, 0.3) is 0 Å². The van der Waals surface area contributed by atoms with Crippen molar-refractivity contribution < 1.29 is 4.79 Å². The summed E-state index contributed by atoms with van der Waals surface area (Å²) in [5.41, 5.74) is 5.11. The van der Waals surface area contributed by atoms with Gasteiger partial charge in [-0.3, -0.25) is 4.79 Å². The van der Waals surface area contributed by atoms with Crippen molar-refractivity contribution in [1.29, 1.82) is 0 Å². The monoisotopic (exact) mass is 175 g/mol. The van der Waals surface area contributed by atoms with Crippen LogP contribution in [0.3, 0.4) is 0 Å². The zero-order valence-electron chi connectivity index (χ0n) is 6.52. The lowest BCUT2D eigenvalue weighted by molar-refractivity contribution is -0.119. The summed E-state index contributed by atoms with van der Waals surface area (Å²) in [5.74, 6) is -0.0837. The maximum atomic E-state index is 10.8. The normalized spacial score (nSPS) is 8.82. The molecule has 0 aromatic rings. The second kappa shape index (κ2) is 5.91. The fourth-order valence-corrected chi connectivity index (χ4v) is 0.566. The number of hydrogen-bond acceptors (Lipinski definition) is 2. The number of rotatable bonds is 4. The summed E-state index contributed by atoms with van der Waals surface area (Å²) >= 11 is 4.51. The lowest BCUT2D eigenvalue weighted by atomic mass is 10.4. The molecule has 0 aliphatic heterocycles. The van der Waals surface area contributed by atoms with Crippen molar-refractivity contribution >= 4 is 23.2 Å². The number of amides is 1. The van der Waals surface area contributed by atoms with E-state index in [0.717, 1.165) is 6.42 Å². The Labute approximate surface area is 71.5 Å². The Balaban J connectivity index is 3.30. The molecule has 11 heavy (non-hydrogen) atoms. The van der Waals surface area contributed by atoms with Gasteiger partial charge >= 0.3 is 0 Å². The van der Waals surface area contributed by atoms with Crippen LogP contribution in [-0.2, 0) is 4.79 Å². The second-order valence-electron chi connectivity index (χ2n) is 2.07. The highest BCUT2D eigenvalue weighted by Gasteiger charge is 1.97. The maximum Gasteiger partial charge on any atom is 0.239 e. The van der Waals surface area contributed by atoms with E-state index in [9.17, 15) is 4.79 Å². The highest BCUT2D eigenvalue weighted by molar-refractivity contribution is 7.80. The van der Waals surface area contributed by atoms with E-state index in [2.05, 4.69) is 22.9 Å². The predicted molar refractivity (Wildman–Crippen MR) is 48.1 cm³/mol. The first-order chi connectivity index (χ1) is 5.16. The Bertz CT molecular complexity index is 149. The summed E-state index contributed by atoms with van der Waals surface area (Å²) in [7, 11) is 0. The van der Waals surface area contributed by atoms with Crippen molar-refractivity contribution in [1.82, 2.24) is 10.6 Å². The fraction of sp³-hybridized carbons (Fsp3) is 0.667. The van der Waals surface area contributed by atoms with Crippen molar-refractivity contribution in [3.05, 3.63) is 0 Å². The highest BCUT2D eigenvalue weighted by Crippen LogP contribution is 1.70. The number of carbonyl (C=O) groups excluding carboxylic acids is 1. The van der Waals surface area contributed by atoms with Gasteiger partial charge in [0.25, 0.3) is 0 Å². The van der Waals surface area contributed by atoms with E-state index < -0.39 is 0 Å². The molecule has 0 radical (unpaired) electrons. The van der Waals surface area contributed by atoms with Crippen molar-refractivity contribution in [2.75, 3.05) is 13.1 Å². The molecule has 4 N–H and O–H groups in total. The summed E-state index contributed by atoms with van der Waals surface area (Å²) in [6.07, 6.45) is 0.929. The van der Waals surface area contributed by atoms with Crippen LogP contribution in [0.1, 0.15) is 13.3 Å². The molecule has 1 amide bonds. The molecule has 4 nitrogen and oxygen atoms in total. The van der Waals surface area contributed by atoms with Crippen molar-refractivity contribution in [2.45, 2.75) is 13.3 Å².